The second-order valence-corrected chi connectivity index (χ2v) is 3.26. The van der Waals surface area contributed by atoms with E-state index in [2.05, 4.69) is 25.3 Å². The van der Waals surface area contributed by atoms with Gasteiger partial charge in [-0.2, -0.15) is 25.3 Å². The molecule has 8 heavy (non-hydrogen) atoms. The van der Waals surface area contributed by atoms with E-state index in [-0.39, 0.29) is 6.54 Å². The van der Waals surface area contributed by atoms with Crippen molar-refractivity contribution in [2.45, 2.75) is 4.08 Å². The first-order chi connectivity index (χ1) is 3.50. The van der Waals surface area contributed by atoms with Crippen molar-refractivity contribution in [3.05, 3.63) is 0 Å². The molecule has 0 aromatic carbocycles. The summed E-state index contributed by atoms with van der Waals surface area (Å²) in [5, 5.41) is 0. The third-order valence-electron chi connectivity index (χ3n) is 0.679. The lowest BCUT2D eigenvalue weighted by Crippen LogP contribution is -2.40. The molecule has 0 rings (SSSR count). The largest absolute Gasteiger partial charge is 0.368 e. The molecule has 0 aromatic rings. The van der Waals surface area contributed by atoms with Crippen LogP contribution in [0, 0.1) is 0 Å². The lowest BCUT2D eigenvalue weighted by atomic mass is 10.4. The maximum absolute atomic E-state index is 10.2. The molecule has 0 heterocycles. The van der Waals surface area contributed by atoms with Crippen LogP contribution in [0.5, 0.6) is 0 Å². The number of carbonyl (C=O) groups is 1. The van der Waals surface area contributed by atoms with Gasteiger partial charge in [-0.15, -0.1) is 0 Å². The topological polar surface area (TPSA) is 69.1 Å². The first-order valence-corrected chi connectivity index (χ1v) is 2.85. The van der Waals surface area contributed by atoms with Crippen LogP contribution in [0.4, 0.5) is 0 Å². The molecule has 0 bridgehead atoms. The second kappa shape index (κ2) is 2.61. The number of hydrogen-bond acceptors (Lipinski definition) is 4. The van der Waals surface area contributed by atoms with Crippen LogP contribution in [0.3, 0.4) is 0 Å². The van der Waals surface area contributed by atoms with E-state index in [9.17, 15) is 4.79 Å². The van der Waals surface area contributed by atoms with Gasteiger partial charge in [0.1, 0.15) is 4.08 Å². The summed E-state index contributed by atoms with van der Waals surface area (Å²) in [4.78, 5) is 10.2. The fraction of sp³-hybridized carbons (Fsp3) is 0.667. The van der Waals surface area contributed by atoms with Crippen molar-refractivity contribution < 1.29 is 4.79 Å². The highest BCUT2D eigenvalue weighted by Crippen LogP contribution is 2.15. The molecule has 3 nitrogen and oxygen atoms in total. The maximum Gasteiger partial charge on any atom is 0.244 e. The Balaban J connectivity index is 3.91. The van der Waals surface area contributed by atoms with E-state index >= 15 is 0 Å². The summed E-state index contributed by atoms with van der Waals surface area (Å²) in [5.74, 6) is -0.619. The smallest absolute Gasteiger partial charge is 0.244 e. The number of thiol groups is 2. The fourth-order valence-electron chi connectivity index (χ4n) is 0.101. The van der Waals surface area contributed by atoms with E-state index in [1.54, 1.807) is 0 Å². The third-order valence-corrected chi connectivity index (χ3v) is 1.49. The Morgan fingerprint density at radius 1 is 1.62 bits per heavy atom. The molecule has 0 saturated carbocycles. The number of primary amides is 1. The molecule has 0 aliphatic rings. The lowest BCUT2D eigenvalue weighted by molar-refractivity contribution is -0.118. The number of hydrogen-bond donors (Lipinski definition) is 4. The number of amides is 1. The summed E-state index contributed by atoms with van der Waals surface area (Å²) in [7, 11) is 0. The average molecular weight is 152 g/mol. The van der Waals surface area contributed by atoms with Gasteiger partial charge in [0.15, 0.2) is 0 Å². The third kappa shape index (κ3) is 1.94. The molecule has 0 atom stereocenters. The zero-order valence-electron chi connectivity index (χ0n) is 4.16. The van der Waals surface area contributed by atoms with Crippen molar-refractivity contribution in [3.8, 4) is 0 Å². The Bertz CT molecular complexity index is 103. The van der Waals surface area contributed by atoms with Crippen LogP contribution in [0.15, 0.2) is 0 Å². The van der Waals surface area contributed by atoms with E-state index in [0.29, 0.717) is 0 Å². The van der Waals surface area contributed by atoms with Crippen molar-refractivity contribution >= 4 is 31.2 Å². The Hall–Kier alpha value is 0.130. The van der Waals surface area contributed by atoms with Gasteiger partial charge in [-0.3, -0.25) is 4.79 Å². The van der Waals surface area contributed by atoms with Crippen molar-refractivity contribution in [1.82, 2.24) is 0 Å². The Morgan fingerprint density at radius 2 is 2.00 bits per heavy atom. The first-order valence-electron chi connectivity index (χ1n) is 1.95. The minimum atomic E-state index is -1.15. The second-order valence-electron chi connectivity index (χ2n) is 1.38. The zero-order valence-corrected chi connectivity index (χ0v) is 5.95. The molecule has 0 spiro atoms. The normalized spacial score (nSPS) is 11.4. The molecule has 0 radical (unpaired) electrons. The molecular formula is C3H8N2OS2. The summed E-state index contributed by atoms with van der Waals surface area (Å²) < 4.78 is -1.15. The Kier molecular flexibility index (Phi) is 2.65. The standard InChI is InChI=1S/C3H8N2OS2/c4-1-3(7,8)2(5)6/h7-8H,1,4H2,(H2,5,6). The molecular weight excluding hydrogens is 144 g/mol. The van der Waals surface area contributed by atoms with Crippen LogP contribution in [0.2, 0.25) is 0 Å². The Labute approximate surface area is 58.6 Å². The fourth-order valence-corrected chi connectivity index (χ4v) is 0.101. The van der Waals surface area contributed by atoms with Gasteiger partial charge in [0.05, 0.1) is 0 Å². The first kappa shape index (κ1) is 8.13. The van der Waals surface area contributed by atoms with Crippen LogP contribution in [0.1, 0.15) is 0 Å². The van der Waals surface area contributed by atoms with Gasteiger partial charge >= 0.3 is 0 Å². The van der Waals surface area contributed by atoms with Crippen molar-refractivity contribution in [2.75, 3.05) is 6.54 Å². The number of rotatable bonds is 2. The summed E-state index contributed by atoms with van der Waals surface area (Å²) in [6.07, 6.45) is 0. The van der Waals surface area contributed by atoms with E-state index in [1.165, 1.54) is 0 Å². The quantitative estimate of drug-likeness (QED) is 0.302. The van der Waals surface area contributed by atoms with Crippen LogP contribution in [-0.2, 0) is 4.79 Å². The van der Waals surface area contributed by atoms with Crippen molar-refractivity contribution in [2.24, 2.45) is 11.5 Å². The maximum atomic E-state index is 10.2. The summed E-state index contributed by atoms with van der Waals surface area (Å²) in [5.41, 5.74) is 9.86. The molecule has 4 N–H and O–H groups in total. The highest BCUT2D eigenvalue weighted by molar-refractivity contribution is 8.02. The minimum absolute atomic E-state index is 0.0363. The highest BCUT2D eigenvalue weighted by Gasteiger charge is 2.24. The highest BCUT2D eigenvalue weighted by atomic mass is 32.2. The van der Waals surface area contributed by atoms with Crippen LogP contribution in [0.25, 0.3) is 0 Å². The molecule has 5 heteroatoms. The van der Waals surface area contributed by atoms with Gasteiger partial charge in [-0.1, -0.05) is 0 Å². The molecule has 0 unspecified atom stereocenters. The summed E-state index contributed by atoms with van der Waals surface area (Å²) in [6.45, 7) is 0.0363. The van der Waals surface area contributed by atoms with Gasteiger partial charge in [0, 0.05) is 6.54 Å². The van der Waals surface area contributed by atoms with Crippen LogP contribution >= 0.6 is 25.3 Å². The number of nitrogens with two attached hydrogens (primary N) is 2. The van der Waals surface area contributed by atoms with E-state index in [1.807, 2.05) is 0 Å². The van der Waals surface area contributed by atoms with E-state index in [4.69, 9.17) is 11.5 Å². The van der Waals surface area contributed by atoms with Gasteiger partial charge < -0.3 is 11.5 Å². The molecule has 0 aliphatic heterocycles. The van der Waals surface area contributed by atoms with Gasteiger partial charge in [0.25, 0.3) is 0 Å². The summed E-state index contributed by atoms with van der Waals surface area (Å²) >= 11 is 7.49. The Morgan fingerprint density at radius 3 is 2.00 bits per heavy atom. The van der Waals surface area contributed by atoms with Gasteiger partial charge in [-0.05, 0) is 0 Å². The molecule has 0 fully saturated rings. The van der Waals surface area contributed by atoms with Crippen LogP contribution in [-0.4, -0.2) is 16.5 Å². The predicted octanol–water partition coefficient (Wildman–Crippen LogP) is -1.01. The molecule has 48 valence electrons. The lowest BCUT2D eigenvalue weighted by Gasteiger charge is -2.13. The zero-order chi connectivity index (χ0) is 6.78. The van der Waals surface area contributed by atoms with Gasteiger partial charge in [-0.25, -0.2) is 0 Å². The summed E-state index contributed by atoms with van der Waals surface area (Å²) in [6, 6.07) is 0. The molecule has 1 amide bonds. The average Bonchev–Trinajstić information content (AvgIpc) is 1.67. The van der Waals surface area contributed by atoms with Crippen molar-refractivity contribution in [1.29, 1.82) is 0 Å². The number of carbonyl (C=O) groups excluding carboxylic acids is 1. The monoisotopic (exact) mass is 152 g/mol. The molecule has 0 saturated heterocycles. The molecule has 0 aromatic heterocycles. The van der Waals surface area contributed by atoms with Crippen molar-refractivity contribution in [3.63, 3.8) is 0 Å². The van der Waals surface area contributed by atoms with E-state index in [0.717, 1.165) is 0 Å². The van der Waals surface area contributed by atoms with Crippen LogP contribution < -0.4 is 11.5 Å². The predicted molar refractivity (Wildman–Crippen MR) is 39.0 cm³/mol. The van der Waals surface area contributed by atoms with E-state index < -0.39 is 9.99 Å². The SMILES string of the molecule is NCC(S)(S)C(N)=O. The molecule has 0 aliphatic carbocycles. The van der Waals surface area contributed by atoms with Gasteiger partial charge in [0.2, 0.25) is 5.91 Å². The minimum Gasteiger partial charge on any atom is -0.368 e.